The SMILES string of the molecule is Cc1cccc(Nc2nc(CC(=O)NCCc3ccncc3)cs2)n1. The van der Waals surface area contributed by atoms with Crippen LogP contribution < -0.4 is 10.6 Å². The monoisotopic (exact) mass is 353 g/mol. The Morgan fingerprint density at radius 2 is 2.00 bits per heavy atom. The number of hydrogen-bond acceptors (Lipinski definition) is 6. The Hall–Kier alpha value is -2.80. The standard InChI is InChI=1S/C18H19N5OS/c1-13-3-2-4-16(21-13)23-18-22-15(12-25-18)11-17(24)20-10-7-14-5-8-19-9-6-14/h2-6,8-9,12H,7,10-11H2,1H3,(H,20,24)(H,21,22,23). The lowest BCUT2D eigenvalue weighted by atomic mass is 10.2. The molecule has 3 aromatic rings. The Morgan fingerprint density at radius 3 is 2.80 bits per heavy atom. The van der Waals surface area contributed by atoms with Gasteiger partial charge in [0.2, 0.25) is 5.91 Å². The number of carbonyl (C=O) groups excluding carboxylic acids is 1. The maximum Gasteiger partial charge on any atom is 0.226 e. The summed E-state index contributed by atoms with van der Waals surface area (Å²) in [5.41, 5.74) is 2.85. The van der Waals surface area contributed by atoms with Crippen LogP contribution in [-0.2, 0) is 17.6 Å². The number of pyridine rings is 2. The first-order valence-corrected chi connectivity index (χ1v) is 8.88. The van der Waals surface area contributed by atoms with Gasteiger partial charge in [-0.05, 0) is 43.2 Å². The number of aryl methyl sites for hydroxylation is 1. The van der Waals surface area contributed by atoms with Crippen molar-refractivity contribution >= 4 is 28.2 Å². The van der Waals surface area contributed by atoms with E-state index in [1.165, 1.54) is 11.3 Å². The Labute approximate surface area is 150 Å². The van der Waals surface area contributed by atoms with Crippen molar-refractivity contribution in [3.05, 3.63) is 65.1 Å². The summed E-state index contributed by atoms with van der Waals surface area (Å²) < 4.78 is 0. The highest BCUT2D eigenvalue weighted by molar-refractivity contribution is 7.13. The van der Waals surface area contributed by atoms with E-state index in [-0.39, 0.29) is 12.3 Å². The summed E-state index contributed by atoms with van der Waals surface area (Å²) in [7, 11) is 0. The summed E-state index contributed by atoms with van der Waals surface area (Å²) in [4.78, 5) is 24.8. The molecule has 1 amide bonds. The largest absolute Gasteiger partial charge is 0.355 e. The molecule has 0 aliphatic carbocycles. The van der Waals surface area contributed by atoms with Crippen LogP contribution in [0.3, 0.4) is 0 Å². The number of carbonyl (C=O) groups is 1. The molecule has 0 fully saturated rings. The van der Waals surface area contributed by atoms with Gasteiger partial charge in [-0.1, -0.05) is 6.07 Å². The van der Waals surface area contributed by atoms with Crippen molar-refractivity contribution in [2.45, 2.75) is 19.8 Å². The number of nitrogens with zero attached hydrogens (tertiary/aromatic N) is 3. The lowest BCUT2D eigenvalue weighted by Gasteiger charge is -2.04. The molecule has 128 valence electrons. The van der Waals surface area contributed by atoms with Crippen molar-refractivity contribution < 1.29 is 4.79 Å². The predicted molar refractivity (Wildman–Crippen MR) is 99.0 cm³/mol. The predicted octanol–water partition coefficient (Wildman–Crippen LogP) is 2.89. The topological polar surface area (TPSA) is 79.8 Å². The normalized spacial score (nSPS) is 10.4. The number of aromatic nitrogens is 3. The van der Waals surface area contributed by atoms with E-state index in [9.17, 15) is 4.79 Å². The van der Waals surface area contributed by atoms with Crippen molar-refractivity contribution in [3.8, 4) is 0 Å². The second-order valence-corrected chi connectivity index (χ2v) is 6.42. The highest BCUT2D eigenvalue weighted by atomic mass is 32.1. The summed E-state index contributed by atoms with van der Waals surface area (Å²) in [5.74, 6) is 0.724. The zero-order valence-electron chi connectivity index (χ0n) is 13.9. The number of hydrogen-bond donors (Lipinski definition) is 2. The van der Waals surface area contributed by atoms with Gasteiger partial charge in [-0.3, -0.25) is 9.78 Å². The second kappa shape index (κ2) is 8.34. The average Bonchev–Trinajstić information content (AvgIpc) is 3.02. The first-order chi connectivity index (χ1) is 12.2. The van der Waals surface area contributed by atoms with Crippen LogP contribution >= 0.6 is 11.3 Å². The molecule has 3 heterocycles. The maximum absolute atomic E-state index is 12.0. The Kier molecular flexibility index (Phi) is 5.69. The molecular weight excluding hydrogens is 334 g/mol. The van der Waals surface area contributed by atoms with Crippen molar-refractivity contribution in [2.24, 2.45) is 0 Å². The molecule has 0 aliphatic rings. The molecule has 25 heavy (non-hydrogen) atoms. The van der Waals surface area contributed by atoms with E-state index in [0.29, 0.717) is 6.54 Å². The third-order valence-corrected chi connectivity index (χ3v) is 4.31. The van der Waals surface area contributed by atoms with E-state index in [4.69, 9.17) is 0 Å². The van der Waals surface area contributed by atoms with Gasteiger partial charge in [-0.25, -0.2) is 9.97 Å². The smallest absolute Gasteiger partial charge is 0.226 e. The minimum absolute atomic E-state index is 0.0282. The average molecular weight is 353 g/mol. The van der Waals surface area contributed by atoms with Gasteiger partial charge in [0.1, 0.15) is 5.82 Å². The second-order valence-electron chi connectivity index (χ2n) is 5.57. The molecule has 0 aromatic carbocycles. The highest BCUT2D eigenvalue weighted by Gasteiger charge is 2.08. The molecule has 0 aliphatic heterocycles. The number of anilines is 2. The maximum atomic E-state index is 12.0. The van der Waals surface area contributed by atoms with Gasteiger partial charge in [-0.2, -0.15) is 0 Å². The van der Waals surface area contributed by atoms with Crippen LogP contribution in [0.25, 0.3) is 0 Å². The Bertz CT molecular complexity index is 834. The van der Waals surface area contributed by atoms with Gasteiger partial charge in [-0.15, -0.1) is 11.3 Å². The van der Waals surface area contributed by atoms with Crippen LogP contribution in [0.4, 0.5) is 10.9 Å². The lowest BCUT2D eigenvalue weighted by Crippen LogP contribution is -2.27. The summed E-state index contributed by atoms with van der Waals surface area (Å²) >= 11 is 1.46. The molecule has 0 saturated carbocycles. The summed E-state index contributed by atoms with van der Waals surface area (Å²) in [5, 5.41) is 8.70. The quantitative estimate of drug-likeness (QED) is 0.683. The fourth-order valence-electron chi connectivity index (χ4n) is 2.29. The van der Waals surface area contributed by atoms with Gasteiger partial charge >= 0.3 is 0 Å². The first kappa shape index (κ1) is 17.0. The minimum Gasteiger partial charge on any atom is -0.355 e. The Morgan fingerprint density at radius 1 is 1.16 bits per heavy atom. The molecule has 0 atom stereocenters. The molecule has 3 rings (SSSR count). The fraction of sp³-hybridized carbons (Fsp3) is 0.222. The van der Waals surface area contributed by atoms with Gasteiger partial charge in [0.25, 0.3) is 0 Å². The van der Waals surface area contributed by atoms with Gasteiger partial charge in [0, 0.05) is 30.0 Å². The van der Waals surface area contributed by atoms with Crippen LogP contribution in [0.5, 0.6) is 0 Å². The number of nitrogens with one attached hydrogen (secondary N) is 2. The Balaban J connectivity index is 1.46. The molecule has 0 saturated heterocycles. The van der Waals surface area contributed by atoms with Crippen LogP contribution in [-0.4, -0.2) is 27.4 Å². The van der Waals surface area contributed by atoms with E-state index >= 15 is 0 Å². The van der Waals surface area contributed by atoms with Gasteiger partial charge in [0.05, 0.1) is 12.1 Å². The molecule has 3 aromatic heterocycles. The van der Waals surface area contributed by atoms with E-state index in [2.05, 4.69) is 25.6 Å². The summed E-state index contributed by atoms with van der Waals surface area (Å²) in [6.45, 7) is 2.54. The third kappa shape index (κ3) is 5.36. The van der Waals surface area contributed by atoms with Gasteiger partial charge < -0.3 is 10.6 Å². The lowest BCUT2D eigenvalue weighted by molar-refractivity contribution is -0.120. The molecule has 6 nitrogen and oxygen atoms in total. The molecule has 0 bridgehead atoms. The number of rotatable bonds is 7. The number of amides is 1. The van der Waals surface area contributed by atoms with Crippen LogP contribution in [0.2, 0.25) is 0 Å². The molecule has 2 N–H and O–H groups in total. The molecule has 7 heteroatoms. The van der Waals surface area contributed by atoms with Crippen molar-refractivity contribution in [2.75, 3.05) is 11.9 Å². The van der Waals surface area contributed by atoms with Crippen LogP contribution in [0.15, 0.2) is 48.1 Å². The molecule has 0 spiro atoms. The van der Waals surface area contributed by atoms with Crippen molar-refractivity contribution in [1.82, 2.24) is 20.3 Å². The van der Waals surface area contributed by atoms with Gasteiger partial charge in [0.15, 0.2) is 5.13 Å². The molecule has 0 unspecified atom stereocenters. The first-order valence-electron chi connectivity index (χ1n) is 8.00. The summed E-state index contributed by atoms with van der Waals surface area (Å²) in [6, 6.07) is 9.66. The van der Waals surface area contributed by atoms with E-state index in [1.807, 2.05) is 42.6 Å². The van der Waals surface area contributed by atoms with Crippen LogP contribution in [0.1, 0.15) is 17.0 Å². The minimum atomic E-state index is -0.0282. The van der Waals surface area contributed by atoms with Crippen molar-refractivity contribution in [1.29, 1.82) is 0 Å². The van der Waals surface area contributed by atoms with Crippen molar-refractivity contribution in [3.63, 3.8) is 0 Å². The summed E-state index contributed by atoms with van der Waals surface area (Å²) in [6.07, 6.45) is 4.57. The third-order valence-electron chi connectivity index (χ3n) is 3.50. The zero-order valence-corrected chi connectivity index (χ0v) is 14.7. The zero-order chi connectivity index (χ0) is 17.5. The number of thiazole rings is 1. The molecule has 0 radical (unpaired) electrons. The highest BCUT2D eigenvalue weighted by Crippen LogP contribution is 2.20. The van der Waals surface area contributed by atoms with E-state index in [1.54, 1.807) is 12.4 Å². The van der Waals surface area contributed by atoms with Crippen LogP contribution in [0, 0.1) is 6.92 Å². The molecular formula is C18H19N5OS. The van der Waals surface area contributed by atoms with E-state index < -0.39 is 0 Å². The fourth-order valence-corrected chi connectivity index (χ4v) is 3.01. The van der Waals surface area contributed by atoms with E-state index in [0.717, 1.165) is 34.3 Å².